The monoisotopic (exact) mass is 140 g/mol. The molecule has 0 N–H and O–H groups in total. The van der Waals surface area contributed by atoms with Crippen molar-refractivity contribution < 1.29 is 9.47 Å². The summed E-state index contributed by atoms with van der Waals surface area (Å²) in [5.74, 6) is -0.607. The molecule has 2 heteroatoms. The van der Waals surface area contributed by atoms with E-state index in [4.69, 9.17) is 16.4 Å². The molecular formula is C8H12O2. The molecule has 1 rings (SSSR count). The zero-order valence-corrected chi connectivity index (χ0v) is 6.17. The van der Waals surface area contributed by atoms with E-state index in [-0.39, 0.29) is 6.10 Å². The molecule has 0 saturated carbocycles. The highest BCUT2D eigenvalue weighted by molar-refractivity contribution is 4.90. The first-order chi connectivity index (χ1) is 4.70. The van der Waals surface area contributed by atoms with Crippen molar-refractivity contribution in [2.75, 3.05) is 6.61 Å². The molecular weight excluding hydrogens is 128 g/mol. The second-order valence-corrected chi connectivity index (χ2v) is 2.51. The van der Waals surface area contributed by atoms with Gasteiger partial charge in [-0.15, -0.1) is 0 Å². The summed E-state index contributed by atoms with van der Waals surface area (Å²) in [6.07, 6.45) is 2.18. The van der Waals surface area contributed by atoms with Gasteiger partial charge in [0.05, 0.1) is 12.7 Å². The Labute approximate surface area is 61.8 Å². The molecule has 2 radical (unpaired) electrons. The van der Waals surface area contributed by atoms with Gasteiger partial charge >= 0.3 is 0 Å². The zero-order valence-electron chi connectivity index (χ0n) is 6.17. The van der Waals surface area contributed by atoms with Gasteiger partial charge < -0.3 is 9.47 Å². The number of ether oxygens (including phenoxy) is 2. The molecule has 0 aromatic rings. The third kappa shape index (κ3) is 1.39. The van der Waals surface area contributed by atoms with Gasteiger partial charge in [-0.1, -0.05) is 6.58 Å². The molecule has 0 aromatic heterocycles. The Balaban J connectivity index is 2.48. The van der Waals surface area contributed by atoms with E-state index in [9.17, 15) is 0 Å². The van der Waals surface area contributed by atoms with Gasteiger partial charge in [0.2, 0.25) is 0 Å². The average Bonchev–Trinajstić information content (AvgIpc) is 2.33. The Hall–Kier alpha value is -0.340. The minimum absolute atomic E-state index is 0.0306. The van der Waals surface area contributed by atoms with Gasteiger partial charge in [-0.25, -0.2) is 0 Å². The molecule has 10 heavy (non-hydrogen) atoms. The maximum atomic E-state index is 5.38. The second kappa shape index (κ2) is 2.72. The molecule has 0 bridgehead atoms. The van der Waals surface area contributed by atoms with Crippen molar-refractivity contribution in [3.63, 3.8) is 0 Å². The van der Waals surface area contributed by atoms with Crippen LogP contribution in [0.2, 0.25) is 0 Å². The third-order valence-electron chi connectivity index (χ3n) is 1.59. The van der Waals surface area contributed by atoms with Crippen molar-refractivity contribution in [3.8, 4) is 0 Å². The van der Waals surface area contributed by atoms with Crippen LogP contribution < -0.4 is 0 Å². The van der Waals surface area contributed by atoms with Crippen LogP contribution in [0, 0.1) is 6.92 Å². The highest BCUT2D eigenvalue weighted by Crippen LogP contribution is 2.25. The van der Waals surface area contributed by atoms with Gasteiger partial charge in [0.1, 0.15) is 0 Å². The summed E-state index contributed by atoms with van der Waals surface area (Å²) in [5.41, 5.74) is 0. The zero-order chi connectivity index (χ0) is 7.61. The van der Waals surface area contributed by atoms with E-state index in [0.29, 0.717) is 13.0 Å². The fourth-order valence-corrected chi connectivity index (χ4v) is 0.881. The van der Waals surface area contributed by atoms with Crippen LogP contribution in [-0.4, -0.2) is 18.5 Å². The molecule has 1 heterocycles. The van der Waals surface area contributed by atoms with E-state index in [1.165, 1.54) is 0 Å². The Bertz CT molecular complexity index is 133. The molecule has 1 fully saturated rings. The predicted molar refractivity (Wildman–Crippen MR) is 38.3 cm³/mol. The van der Waals surface area contributed by atoms with Crippen LogP contribution in [0.5, 0.6) is 0 Å². The van der Waals surface area contributed by atoms with E-state index in [0.717, 1.165) is 0 Å². The molecule has 0 aliphatic carbocycles. The van der Waals surface area contributed by atoms with Crippen molar-refractivity contribution in [3.05, 3.63) is 19.6 Å². The molecule has 1 saturated heterocycles. The fourth-order valence-electron chi connectivity index (χ4n) is 0.881. The molecule has 0 amide bonds. The van der Waals surface area contributed by atoms with Crippen molar-refractivity contribution in [1.82, 2.24) is 0 Å². The maximum Gasteiger partial charge on any atom is 0.185 e. The van der Waals surface area contributed by atoms with E-state index in [1.807, 2.05) is 6.92 Å². The number of rotatable bonds is 2. The third-order valence-corrected chi connectivity index (χ3v) is 1.59. The van der Waals surface area contributed by atoms with Gasteiger partial charge in [0.15, 0.2) is 5.79 Å². The van der Waals surface area contributed by atoms with Gasteiger partial charge in [-0.05, 0) is 26.3 Å². The minimum Gasteiger partial charge on any atom is -0.344 e. The van der Waals surface area contributed by atoms with E-state index in [2.05, 4.69) is 6.58 Å². The van der Waals surface area contributed by atoms with E-state index < -0.39 is 5.79 Å². The predicted octanol–water partition coefficient (Wildman–Crippen LogP) is 1.41. The number of hydrogen-bond donors (Lipinski definition) is 0. The molecule has 0 spiro atoms. The molecule has 2 atom stereocenters. The normalized spacial score (nSPS) is 40.0. The van der Waals surface area contributed by atoms with Crippen LogP contribution in [0.4, 0.5) is 0 Å². The Morgan fingerprint density at radius 3 is 2.90 bits per heavy atom. The second-order valence-electron chi connectivity index (χ2n) is 2.51. The summed E-state index contributed by atoms with van der Waals surface area (Å²) in [6.45, 7) is 11.4. The van der Waals surface area contributed by atoms with Crippen molar-refractivity contribution in [2.45, 2.75) is 25.2 Å². The lowest BCUT2D eigenvalue weighted by Crippen LogP contribution is -2.22. The first-order valence-corrected chi connectivity index (χ1v) is 3.35. The molecule has 0 aromatic carbocycles. The minimum atomic E-state index is -0.607. The summed E-state index contributed by atoms with van der Waals surface area (Å²) in [5, 5.41) is 0. The highest BCUT2D eigenvalue weighted by atomic mass is 16.7. The van der Waals surface area contributed by atoms with Crippen LogP contribution in [0.25, 0.3) is 0 Å². The van der Waals surface area contributed by atoms with Crippen LogP contribution >= 0.6 is 0 Å². The molecule has 1 aliphatic rings. The molecule has 56 valence electrons. The van der Waals surface area contributed by atoms with Gasteiger partial charge in [-0.2, -0.15) is 0 Å². The van der Waals surface area contributed by atoms with Crippen molar-refractivity contribution in [1.29, 1.82) is 0 Å². The Kier molecular flexibility index (Phi) is 2.11. The highest BCUT2D eigenvalue weighted by Gasteiger charge is 2.33. The SMILES string of the molecule is [CH]CC1COC(C)(C=C)O1. The van der Waals surface area contributed by atoms with Crippen molar-refractivity contribution in [2.24, 2.45) is 0 Å². The smallest absolute Gasteiger partial charge is 0.185 e. The average molecular weight is 140 g/mol. The summed E-state index contributed by atoms with van der Waals surface area (Å²) in [7, 11) is 0. The fraction of sp³-hybridized carbons (Fsp3) is 0.625. The molecule has 2 nitrogen and oxygen atoms in total. The summed E-state index contributed by atoms with van der Waals surface area (Å²) >= 11 is 0. The summed E-state index contributed by atoms with van der Waals surface area (Å²) in [4.78, 5) is 0. The Morgan fingerprint density at radius 1 is 1.90 bits per heavy atom. The Morgan fingerprint density at radius 2 is 2.60 bits per heavy atom. The topological polar surface area (TPSA) is 18.5 Å². The first kappa shape index (κ1) is 7.76. The molecule has 2 unspecified atom stereocenters. The van der Waals surface area contributed by atoms with Crippen molar-refractivity contribution >= 4 is 0 Å². The standard InChI is InChI=1S/C8H12O2/c1-4-7-6-9-8(3,5-2)10-7/h1,5,7H,2,4,6H2,3H3. The summed E-state index contributed by atoms with van der Waals surface area (Å²) in [6, 6.07) is 0. The lowest BCUT2D eigenvalue weighted by atomic mass is 10.3. The van der Waals surface area contributed by atoms with Gasteiger partial charge in [-0.3, -0.25) is 0 Å². The van der Waals surface area contributed by atoms with Crippen LogP contribution in [0.3, 0.4) is 0 Å². The van der Waals surface area contributed by atoms with Gasteiger partial charge in [0, 0.05) is 0 Å². The summed E-state index contributed by atoms with van der Waals surface area (Å²) < 4.78 is 10.7. The number of hydrogen-bond acceptors (Lipinski definition) is 2. The first-order valence-electron chi connectivity index (χ1n) is 3.35. The van der Waals surface area contributed by atoms with Gasteiger partial charge in [0.25, 0.3) is 0 Å². The largest absolute Gasteiger partial charge is 0.344 e. The van der Waals surface area contributed by atoms with E-state index in [1.54, 1.807) is 6.08 Å². The van der Waals surface area contributed by atoms with E-state index >= 15 is 0 Å². The lowest BCUT2D eigenvalue weighted by molar-refractivity contribution is -0.112. The quantitative estimate of drug-likeness (QED) is 0.540. The van der Waals surface area contributed by atoms with Crippen LogP contribution in [0.1, 0.15) is 13.3 Å². The van der Waals surface area contributed by atoms with Crippen LogP contribution in [-0.2, 0) is 9.47 Å². The molecule has 1 aliphatic heterocycles. The lowest BCUT2D eigenvalue weighted by Gasteiger charge is -2.17. The van der Waals surface area contributed by atoms with Crippen LogP contribution in [0.15, 0.2) is 12.7 Å². The maximum absolute atomic E-state index is 5.38.